The molecule has 0 heterocycles. The normalized spacial score (nSPS) is 20.5. The maximum atomic E-state index is 13.8. The van der Waals surface area contributed by atoms with Gasteiger partial charge in [-0.05, 0) is 19.3 Å². The van der Waals surface area contributed by atoms with Crippen LogP contribution in [0, 0.1) is 0 Å². The number of benzene rings is 1. The molecule has 1 aliphatic carbocycles. The Bertz CT molecular complexity index is 373. The maximum absolute atomic E-state index is 13.8. The van der Waals surface area contributed by atoms with E-state index in [4.69, 9.17) is 0 Å². The van der Waals surface area contributed by atoms with Gasteiger partial charge in [0.1, 0.15) is 0 Å². The zero-order valence-corrected chi connectivity index (χ0v) is 9.70. The molecule has 0 spiro atoms. The smallest absolute Gasteiger partial charge is 0.285 e. The molecule has 0 bridgehead atoms. The molecule has 0 amide bonds. The summed E-state index contributed by atoms with van der Waals surface area (Å²) in [6, 6.07) is 8.18. The Labute approximate surface area is 101 Å². The summed E-state index contributed by atoms with van der Waals surface area (Å²) >= 11 is 0. The summed E-state index contributed by atoms with van der Waals surface area (Å²) in [4.78, 5) is 0. The molecule has 1 aromatic rings. The number of rotatable bonds is 4. The van der Waals surface area contributed by atoms with Crippen molar-refractivity contribution in [1.29, 1.82) is 0 Å². The summed E-state index contributed by atoms with van der Waals surface area (Å²) in [7, 11) is 0. The molecular weight excluding hydrogens is 220 g/mol. The van der Waals surface area contributed by atoms with Crippen LogP contribution >= 0.6 is 0 Å². The zero-order chi connectivity index (χ0) is 12.1. The second kappa shape index (κ2) is 5.41. The Hall–Kier alpha value is -1.22. The van der Waals surface area contributed by atoms with Gasteiger partial charge in [-0.3, -0.25) is 0 Å². The van der Waals surface area contributed by atoms with Crippen molar-refractivity contribution in [3.63, 3.8) is 0 Å². The van der Waals surface area contributed by atoms with Crippen molar-refractivity contribution in [3.8, 4) is 0 Å². The highest BCUT2D eigenvalue weighted by Crippen LogP contribution is 2.27. The molecular formula is C14H17F2N. The topological polar surface area (TPSA) is 12.0 Å². The molecule has 1 unspecified atom stereocenters. The van der Waals surface area contributed by atoms with E-state index in [1.807, 2.05) is 0 Å². The summed E-state index contributed by atoms with van der Waals surface area (Å²) in [5, 5.41) is 2.96. The quantitative estimate of drug-likeness (QED) is 0.790. The van der Waals surface area contributed by atoms with Crippen molar-refractivity contribution in [3.05, 3.63) is 48.0 Å². The largest absolute Gasteiger partial charge is 0.308 e. The van der Waals surface area contributed by atoms with Crippen molar-refractivity contribution in [2.75, 3.05) is 6.54 Å². The first kappa shape index (κ1) is 12.2. The minimum absolute atomic E-state index is 0.0823. The molecule has 1 N–H and O–H groups in total. The number of hydrogen-bond acceptors (Lipinski definition) is 1. The molecule has 0 aliphatic heterocycles. The predicted octanol–water partition coefficient (Wildman–Crippen LogP) is 3.48. The van der Waals surface area contributed by atoms with Crippen molar-refractivity contribution in [1.82, 2.24) is 5.32 Å². The first-order valence-electron chi connectivity index (χ1n) is 6.00. The van der Waals surface area contributed by atoms with E-state index >= 15 is 0 Å². The van der Waals surface area contributed by atoms with E-state index in [-0.39, 0.29) is 18.2 Å². The number of alkyl halides is 2. The fourth-order valence-electron chi connectivity index (χ4n) is 2.04. The van der Waals surface area contributed by atoms with Gasteiger partial charge in [-0.2, -0.15) is 8.78 Å². The lowest BCUT2D eigenvalue weighted by Crippen LogP contribution is -2.38. The van der Waals surface area contributed by atoms with Crippen LogP contribution in [-0.4, -0.2) is 12.6 Å². The van der Waals surface area contributed by atoms with Crippen LogP contribution in [0.1, 0.15) is 24.8 Å². The Kier molecular flexibility index (Phi) is 3.89. The standard InChI is InChI=1S/C14H17F2N/c15-14(16,12-7-3-1-4-8-12)11-17-13-9-5-2-6-10-13/h1-5,7-8,13,17H,6,9-11H2. The summed E-state index contributed by atoms with van der Waals surface area (Å²) < 4.78 is 27.7. The van der Waals surface area contributed by atoms with Gasteiger partial charge in [-0.25, -0.2) is 0 Å². The minimum atomic E-state index is -2.79. The maximum Gasteiger partial charge on any atom is 0.285 e. The van der Waals surface area contributed by atoms with E-state index < -0.39 is 5.92 Å². The highest BCUT2D eigenvalue weighted by Gasteiger charge is 2.31. The molecule has 1 aromatic carbocycles. The van der Waals surface area contributed by atoms with Gasteiger partial charge in [0.15, 0.2) is 0 Å². The van der Waals surface area contributed by atoms with Crippen LogP contribution in [0.4, 0.5) is 8.78 Å². The third kappa shape index (κ3) is 3.37. The van der Waals surface area contributed by atoms with Gasteiger partial charge < -0.3 is 5.32 Å². The molecule has 0 saturated carbocycles. The molecule has 92 valence electrons. The van der Waals surface area contributed by atoms with Crippen LogP contribution in [-0.2, 0) is 5.92 Å². The van der Waals surface area contributed by atoms with Gasteiger partial charge in [-0.15, -0.1) is 0 Å². The lowest BCUT2D eigenvalue weighted by molar-refractivity contribution is -0.00597. The van der Waals surface area contributed by atoms with Crippen molar-refractivity contribution >= 4 is 0 Å². The number of allylic oxidation sites excluding steroid dienone is 1. The summed E-state index contributed by atoms with van der Waals surface area (Å²) in [5.74, 6) is -2.79. The Morgan fingerprint density at radius 1 is 1.18 bits per heavy atom. The summed E-state index contributed by atoms with van der Waals surface area (Å²) in [6.07, 6.45) is 6.94. The fourth-order valence-corrected chi connectivity index (χ4v) is 2.04. The third-order valence-electron chi connectivity index (χ3n) is 3.08. The van der Waals surface area contributed by atoms with E-state index in [9.17, 15) is 8.78 Å². The minimum Gasteiger partial charge on any atom is -0.308 e. The lowest BCUT2D eigenvalue weighted by Gasteiger charge is -2.23. The van der Waals surface area contributed by atoms with Crippen molar-refractivity contribution in [2.45, 2.75) is 31.2 Å². The second-order valence-electron chi connectivity index (χ2n) is 4.43. The monoisotopic (exact) mass is 237 g/mol. The number of hydrogen-bond donors (Lipinski definition) is 1. The van der Waals surface area contributed by atoms with Crippen LogP contribution in [0.3, 0.4) is 0 Å². The van der Waals surface area contributed by atoms with E-state index in [2.05, 4.69) is 17.5 Å². The highest BCUT2D eigenvalue weighted by molar-refractivity contribution is 5.20. The molecule has 3 heteroatoms. The first-order valence-corrected chi connectivity index (χ1v) is 6.00. The predicted molar refractivity (Wildman–Crippen MR) is 65.1 cm³/mol. The third-order valence-corrected chi connectivity index (χ3v) is 3.08. The van der Waals surface area contributed by atoms with Crippen LogP contribution in [0.2, 0.25) is 0 Å². The molecule has 17 heavy (non-hydrogen) atoms. The molecule has 2 rings (SSSR count). The fraction of sp³-hybridized carbons (Fsp3) is 0.429. The van der Waals surface area contributed by atoms with Crippen molar-refractivity contribution in [2.24, 2.45) is 0 Å². The first-order chi connectivity index (χ1) is 8.18. The van der Waals surface area contributed by atoms with Crippen LogP contribution in [0.15, 0.2) is 42.5 Å². The number of halogens is 2. The lowest BCUT2D eigenvalue weighted by atomic mass is 10.0. The second-order valence-corrected chi connectivity index (χ2v) is 4.43. The molecule has 0 aromatic heterocycles. The zero-order valence-electron chi connectivity index (χ0n) is 9.70. The van der Waals surface area contributed by atoms with E-state index in [1.165, 1.54) is 12.1 Å². The van der Waals surface area contributed by atoms with Crippen LogP contribution in [0.5, 0.6) is 0 Å². The van der Waals surface area contributed by atoms with Gasteiger partial charge in [0.25, 0.3) is 5.92 Å². The average molecular weight is 237 g/mol. The summed E-state index contributed by atoms with van der Waals surface area (Å²) in [5.41, 5.74) is 0.0823. The van der Waals surface area contributed by atoms with Gasteiger partial charge >= 0.3 is 0 Å². The summed E-state index contributed by atoms with van der Waals surface area (Å²) in [6.45, 7) is -0.282. The molecule has 0 radical (unpaired) electrons. The van der Waals surface area contributed by atoms with E-state index in [0.717, 1.165) is 19.3 Å². The number of nitrogens with one attached hydrogen (secondary N) is 1. The van der Waals surface area contributed by atoms with E-state index in [1.54, 1.807) is 18.2 Å². The molecule has 1 aliphatic rings. The van der Waals surface area contributed by atoms with Gasteiger partial charge in [0.2, 0.25) is 0 Å². The Balaban J connectivity index is 1.91. The highest BCUT2D eigenvalue weighted by atomic mass is 19.3. The van der Waals surface area contributed by atoms with Gasteiger partial charge in [0, 0.05) is 11.6 Å². The average Bonchev–Trinajstić information content (AvgIpc) is 2.39. The van der Waals surface area contributed by atoms with Crippen LogP contribution < -0.4 is 5.32 Å². The van der Waals surface area contributed by atoms with Crippen molar-refractivity contribution < 1.29 is 8.78 Å². The molecule has 0 fully saturated rings. The Morgan fingerprint density at radius 2 is 1.94 bits per heavy atom. The Morgan fingerprint density at radius 3 is 2.59 bits per heavy atom. The van der Waals surface area contributed by atoms with Gasteiger partial charge in [0.05, 0.1) is 6.54 Å². The molecule has 1 atom stereocenters. The SMILES string of the molecule is FC(F)(CNC1CC=CCC1)c1ccccc1. The molecule has 1 nitrogen and oxygen atoms in total. The van der Waals surface area contributed by atoms with E-state index in [0.29, 0.717) is 0 Å². The van der Waals surface area contributed by atoms with Gasteiger partial charge in [-0.1, -0.05) is 42.5 Å². The van der Waals surface area contributed by atoms with Crippen LogP contribution in [0.25, 0.3) is 0 Å². The molecule has 0 saturated heterocycles.